The maximum Gasteiger partial charge on any atom is 0.243 e. The van der Waals surface area contributed by atoms with E-state index in [2.05, 4.69) is 10.6 Å². The number of anilines is 1. The Hall–Kier alpha value is -1.15. The molecule has 0 spiro atoms. The standard InChI is InChI=1S/C15H23N3O3S.ClH/c1-10-5-6-14(9-15(10)17-13(4)19)22(20,21)18-8-7-16-11(2)12(18)3;/h5-6,9,11-12,16H,7-8H2,1-4H3,(H,17,19);1H. The van der Waals surface area contributed by atoms with Crippen LogP contribution in [0.2, 0.25) is 0 Å². The quantitative estimate of drug-likeness (QED) is 0.859. The Balaban J connectivity index is 0.00000264. The highest BCUT2D eigenvalue weighted by molar-refractivity contribution is 7.89. The monoisotopic (exact) mass is 361 g/mol. The number of nitrogens with one attached hydrogen (secondary N) is 2. The van der Waals surface area contributed by atoms with Crippen LogP contribution in [0.25, 0.3) is 0 Å². The summed E-state index contributed by atoms with van der Waals surface area (Å²) in [6.07, 6.45) is 0. The summed E-state index contributed by atoms with van der Waals surface area (Å²) in [5.41, 5.74) is 1.36. The van der Waals surface area contributed by atoms with Crippen molar-refractivity contribution >= 4 is 34.0 Å². The second-order valence-electron chi connectivity index (χ2n) is 5.76. The summed E-state index contributed by atoms with van der Waals surface area (Å²) in [6.45, 7) is 8.19. The maximum atomic E-state index is 12.9. The molecule has 1 aliphatic heterocycles. The number of carbonyl (C=O) groups excluding carboxylic acids is 1. The highest BCUT2D eigenvalue weighted by Gasteiger charge is 2.34. The van der Waals surface area contributed by atoms with Gasteiger partial charge in [0.15, 0.2) is 0 Å². The summed E-state index contributed by atoms with van der Waals surface area (Å²) >= 11 is 0. The fourth-order valence-corrected chi connectivity index (χ4v) is 4.32. The molecule has 2 unspecified atom stereocenters. The summed E-state index contributed by atoms with van der Waals surface area (Å²) in [6, 6.07) is 4.82. The molecule has 1 saturated heterocycles. The van der Waals surface area contributed by atoms with Crippen molar-refractivity contribution in [2.45, 2.75) is 44.7 Å². The summed E-state index contributed by atoms with van der Waals surface area (Å²) < 4.78 is 27.3. The third-order valence-electron chi connectivity index (χ3n) is 4.10. The van der Waals surface area contributed by atoms with E-state index >= 15 is 0 Å². The molecule has 2 N–H and O–H groups in total. The van der Waals surface area contributed by atoms with E-state index in [1.165, 1.54) is 17.3 Å². The van der Waals surface area contributed by atoms with Crippen molar-refractivity contribution in [3.63, 3.8) is 0 Å². The smallest absolute Gasteiger partial charge is 0.243 e. The third kappa shape index (κ3) is 4.23. The number of aryl methyl sites for hydroxylation is 1. The van der Waals surface area contributed by atoms with E-state index in [0.29, 0.717) is 18.8 Å². The molecule has 0 bridgehead atoms. The molecule has 130 valence electrons. The Bertz CT molecular complexity index is 679. The van der Waals surface area contributed by atoms with Gasteiger partial charge >= 0.3 is 0 Å². The molecule has 1 aliphatic rings. The van der Waals surface area contributed by atoms with E-state index in [-0.39, 0.29) is 35.3 Å². The van der Waals surface area contributed by atoms with Crippen LogP contribution >= 0.6 is 12.4 Å². The van der Waals surface area contributed by atoms with E-state index < -0.39 is 10.0 Å². The molecular weight excluding hydrogens is 338 g/mol. The van der Waals surface area contributed by atoms with Crippen molar-refractivity contribution in [1.82, 2.24) is 9.62 Å². The molecule has 1 heterocycles. The van der Waals surface area contributed by atoms with E-state index in [4.69, 9.17) is 0 Å². The highest BCUT2D eigenvalue weighted by Crippen LogP contribution is 2.25. The van der Waals surface area contributed by atoms with Crippen LogP contribution in [-0.2, 0) is 14.8 Å². The van der Waals surface area contributed by atoms with Crippen LogP contribution in [0.4, 0.5) is 5.69 Å². The zero-order valence-electron chi connectivity index (χ0n) is 13.8. The number of piperazine rings is 1. The van der Waals surface area contributed by atoms with Crippen molar-refractivity contribution in [2.75, 3.05) is 18.4 Å². The second-order valence-corrected chi connectivity index (χ2v) is 7.65. The topological polar surface area (TPSA) is 78.5 Å². The predicted octanol–water partition coefficient (Wildman–Crippen LogP) is 1.75. The van der Waals surface area contributed by atoms with Crippen LogP contribution in [0.5, 0.6) is 0 Å². The summed E-state index contributed by atoms with van der Waals surface area (Å²) in [5, 5.41) is 5.94. The number of halogens is 1. The molecule has 6 nitrogen and oxygen atoms in total. The van der Waals surface area contributed by atoms with Crippen molar-refractivity contribution in [1.29, 1.82) is 0 Å². The molecule has 0 saturated carbocycles. The molecule has 23 heavy (non-hydrogen) atoms. The van der Waals surface area contributed by atoms with Gasteiger partial charge in [0.25, 0.3) is 0 Å². The van der Waals surface area contributed by atoms with E-state index in [1.807, 2.05) is 20.8 Å². The molecule has 1 amide bonds. The third-order valence-corrected chi connectivity index (χ3v) is 6.08. The van der Waals surface area contributed by atoms with Gasteiger partial charge in [-0.15, -0.1) is 12.4 Å². The SMILES string of the molecule is CC(=O)Nc1cc(S(=O)(=O)N2CCNC(C)C2C)ccc1C.Cl. The molecule has 2 atom stereocenters. The van der Waals surface area contributed by atoms with E-state index in [0.717, 1.165) is 5.56 Å². The van der Waals surface area contributed by atoms with Crippen LogP contribution < -0.4 is 10.6 Å². The van der Waals surface area contributed by atoms with Crippen molar-refractivity contribution in [2.24, 2.45) is 0 Å². The van der Waals surface area contributed by atoms with Gasteiger partial charge in [0.2, 0.25) is 15.9 Å². The molecule has 0 aromatic heterocycles. The van der Waals surface area contributed by atoms with Crippen LogP contribution in [-0.4, -0.2) is 43.8 Å². The van der Waals surface area contributed by atoms with Gasteiger partial charge in [-0.2, -0.15) is 4.31 Å². The lowest BCUT2D eigenvalue weighted by atomic mass is 10.1. The number of carbonyl (C=O) groups is 1. The van der Waals surface area contributed by atoms with Crippen LogP contribution in [0, 0.1) is 6.92 Å². The maximum absolute atomic E-state index is 12.9. The average Bonchev–Trinajstić information content (AvgIpc) is 2.43. The fraction of sp³-hybridized carbons (Fsp3) is 0.533. The van der Waals surface area contributed by atoms with Crippen LogP contribution in [0.15, 0.2) is 23.1 Å². The van der Waals surface area contributed by atoms with Crippen molar-refractivity contribution in [3.05, 3.63) is 23.8 Å². The van der Waals surface area contributed by atoms with Gasteiger partial charge in [0.05, 0.1) is 4.90 Å². The number of nitrogens with zero attached hydrogens (tertiary/aromatic N) is 1. The van der Waals surface area contributed by atoms with Gasteiger partial charge in [-0.25, -0.2) is 8.42 Å². The number of benzene rings is 1. The number of amides is 1. The van der Waals surface area contributed by atoms with Gasteiger partial charge < -0.3 is 10.6 Å². The number of hydrogen-bond donors (Lipinski definition) is 2. The van der Waals surface area contributed by atoms with Gasteiger partial charge in [-0.3, -0.25) is 4.79 Å². The molecule has 1 fully saturated rings. The zero-order valence-corrected chi connectivity index (χ0v) is 15.4. The Morgan fingerprint density at radius 3 is 2.61 bits per heavy atom. The molecule has 0 aliphatic carbocycles. The van der Waals surface area contributed by atoms with Gasteiger partial charge in [-0.1, -0.05) is 6.07 Å². The van der Waals surface area contributed by atoms with Gasteiger partial charge in [0.1, 0.15) is 0 Å². The summed E-state index contributed by atoms with van der Waals surface area (Å²) in [4.78, 5) is 11.5. The minimum absolute atomic E-state index is 0. The van der Waals surface area contributed by atoms with E-state index in [1.54, 1.807) is 12.1 Å². The summed E-state index contributed by atoms with van der Waals surface area (Å²) in [7, 11) is -3.58. The number of hydrogen-bond acceptors (Lipinski definition) is 4. The Labute approximate surface area is 144 Å². The average molecular weight is 362 g/mol. The zero-order chi connectivity index (χ0) is 16.5. The predicted molar refractivity (Wildman–Crippen MR) is 93.5 cm³/mol. The molecule has 8 heteroatoms. The number of sulfonamides is 1. The van der Waals surface area contributed by atoms with Gasteiger partial charge in [0, 0.05) is 37.8 Å². The normalized spacial score (nSPS) is 22.3. The first kappa shape index (κ1) is 19.9. The lowest BCUT2D eigenvalue weighted by molar-refractivity contribution is -0.114. The first-order chi connectivity index (χ1) is 10.2. The van der Waals surface area contributed by atoms with Gasteiger partial charge in [-0.05, 0) is 38.5 Å². The lowest BCUT2D eigenvalue weighted by Crippen LogP contribution is -2.57. The summed E-state index contributed by atoms with van der Waals surface area (Å²) in [5.74, 6) is -0.221. The Morgan fingerprint density at radius 1 is 1.35 bits per heavy atom. The second kappa shape index (κ2) is 7.61. The Morgan fingerprint density at radius 2 is 2.00 bits per heavy atom. The Kier molecular flexibility index (Phi) is 6.59. The first-order valence-electron chi connectivity index (χ1n) is 7.37. The van der Waals surface area contributed by atoms with Crippen LogP contribution in [0.1, 0.15) is 26.3 Å². The molecule has 0 radical (unpaired) electrons. The lowest BCUT2D eigenvalue weighted by Gasteiger charge is -2.37. The number of rotatable bonds is 3. The van der Waals surface area contributed by atoms with Crippen molar-refractivity contribution < 1.29 is 13.2 Å². The minimum Gasteiger partial charge on any atom is -0.326 e. The minimum atomic E-state index is -3.58. The van der Waals surface area contributed by atoms with E-state index in [9.17, 15) is 13.2 Å². The molecule has 1 aromatic rings. The first-order valence-corrected chi connectivity index (χ1v) is 8.81. The van der Waals surface area contributed by atoms with Crippen LogP contribution in [0.3, 0.4) is 0 Å². The van der Waals surface area contributed by atoms with Crippen molar-refractivity contribution in [3.8, 4) is 0 Å². The molecular formula is C15H24ClN3O3S. The molecule has 2 rings (SSSR count). The largest absolute Gasteiger partial charge is 0.326 e. The molecule has 1 aromatic carbocycles. The highest BCUT2D eigenvalue weighted by atomic mass is 35.5. The fourth-order valence-electron chi connectivity index (χ4n) is 2.59.